The summed E-state index contributed by atoms with van der Waals surface area (Å²) in [6.07, 6.45) is -5.12. The summed E-state index contributed by atoms with van der Waals surface area (Å²) in [5, 5.41) is 10.3. The Hall–Kier alpha value is -1.64. The van der Waals surface area contributed by atoms with E-state index in [0.717, 1.165) is 18.2 Å². The van der Waals surface area contributed by atoms with E-state index in [9.17, 15) is 28.1 Å². The summed E-state index contributed by atoms with van der Waals surface area (Å²) in [5.41, 5.74) is -1.42. The zero-order chi connectivity index (χ0) is 13.9. The third-order valence-electron chi connectivity index (χ3n) is 1.83. The van der Waals surface area contributed by atoms with Gasteiger partial charge in [-0.1, -0.05) is 22.0 Å². The molecule has 9 heteroatoms. The standard InChI is InChI=1S/C9H5BrF3NO4/c10-4-7(15)5-2-1-3-6(14(16)17)8(5)18-9(11,12)13/h1-3H,4H2. The van der Waals surface area contributed by atoms with Crippen LogP contribution in [0.15, 0.2) is 18.2 Å². The van der Waals surface area contributed by atoms with Crippen LogP contribution in [0.25, 0.3) is 0 Å². The normalized spacial score (nSPS) is 11.1. The molecule has 1 aromatic rings. The summed E-state index contributed by atoms with van der Waals surface area (Å²) in [6.45, 7) is 0. The van der Waals surface area contributed by atoms with Crippen LogP contribution in [0.3, 0.4) is 0 Å². The maximum Gasteiger partial charge on any atom is 0.573 e. The molecule has 0 aliphatic heterocycles. The van der Waals surface area contributed by atoms with Crippen molar-refractivity contribution in [1.29, 1.82) is 0 Å². The van der Waals surface area contributed by atoms with Crippen LogP contribution in [0.1, 0.15) is 10.4 Å². The van der Waals surface area contributed by atoms with E-state index < -0.39 is 34.1 Å². The Bertz CT molecular complexity index is 489. The molecule has 98 valence electrons. The Morgan fingerprint density at radius 3 is 2.50 bits per heavy atom. The number of rotatable bonds is 4. The number of hydrogen-bond donors (Lipinski definition) is 0. The van der Waals surface area contributed by atoms with Crippen LogP contribution in [0, 0.1) is 10.1 Å². The SMILES string of the molecule is O=C(CBr)c1cccc([N+](=O)[O-])c1OC(F)(F)F. The van der Waals surface area contributed by atoms with Gasteiger partial charge in [0.05, 0.1) is 15.8 Å². The van der Waals surface area contributed by atoms with Crippen molar-refractivity contribution in [3.63, 3.8) is 0 Å². The molecule has 1 aromatic carbocycles. The van der Waals surface area contributed by atoms with Crippen LogP contribution >= 0.6 is 15.9 Å². The minimum atomic E-state index is -5.12. The number of ketones is 1. The Balaban J connectivity index is 3.39. The number of carbonyl (C=O) groups excluding carboxylic acids is 1. The van der Waals surface area contributed by atoms with Crippen molar-refractivity contribution in [2.75, 3.05) is 5.33 Å². The van der Waals surface area contributed by atoms with Crippen molar-refractivity contribution in [3.8, 4) is 5.75 Å². The number of para-hydroxylation sites is 1. The van der Waals surface area contributed by atoms with Crippen LogP contribution in [-0.2, 0) is 0 Å². The van der Waals surface area contributed by atoms with Gasteiger partial charge >= 0.3 is 12.0 Å². The lowest BCUT2D eigenvalue weighted by Gasteiger charge is -2.12. The van der Waals surface area contributed by atoms with Gasteiger partial charge in [-0.25, -0.2) is 0 Å². The van der Waals surface area contributed by atoms with Crippen LogP contribution in [0.2, 0.25) is 0 Å². The largest absolute Gasteiger partial charge is 0.573 e. The molecule has 1 rings (SSSR count). The van der Waals surface area contributed by atoms with Gasteiger partial charge in [0.2, 0.25) is 5.75 Å². The van der Waals surface area contributed by atoms with Gasteiger partial charge in [0.15, 0.2) is 5.78 Å². The molecule has 0 unspecified atom stereocenters. The van der Waals surface area contributed by atoms with E-state index in [0.29, 0.717) is 0 Å². The molecule has 5 nitrogen and oxygen atoms in total. The van der Waals surface area contributed by atoms with Gasteiger partial charge in [0, 0.05) is 6.07 Å². The molecule has 0 saturated heterocycles. The average molecular weight is 328 g/mol. The molecule has 0 saturated carbocycles. The molecule has 0 fully saturated rings. The van der Waals surface area contributed by atoms with Gasteiger partial charge in [0.1, 0.15) is 0 Å². The van der Waals surface area contributed by atoms with Crippen LogP contribution in [0.5, 0.6) is 5.75 Å². The van der Waals surface area contributed by atoms with Crippen LogP contribution in [-0.4, -0.2) is 22.4 Å². The fourth-order valence-electron chi connectivity index (χ4n) is 1.18. The zero-order valence-electron chi connectivity index (χ0n) is 8.53. The second-order valence-corrected chi connectivity index (χ2v) is 3.58. The second-order valence-electron chi connectivity index (χ2n) is 3.02. The molecule has 0 aromatic heterocycles. The number of Topliss-reactive ketones (excluding diaryl/α,β-unsaturated/α-hetero) is 1. The van der Waals surface area contributed by atoms with Crippen molar-refractivity contribution in [3.05, 3.63) is 33.9 Å². The number of hydrogen-bond acceptors (Lipinski definition) is 4. The molecular weight excluding hydrogens is 323 g/mol. The number of ether oxygens (including phenoxy) is 1. The lowest BCUT2D eigenvalue weighted by Crippen LogP contribution is -2.20. The topological polar surface area (TPSA) is 69.4 Å². The van der Waals surface area contributed by atoms with Gasteiger partial charge in [0.25, 0.3) is 0 Å². The molecular formula is C9H5BrF3NO4. The van der Waals surface area contributed by atoms with Gasteiger partial charge in [-0.2, -0.15) is 0 Å². The number of alkyl halides is 4. The smallest absolute Gasteiger partial charge is 0.398 e. The Kier molecular flexibility index (Phi) is 4.28. The summed E-state index contributed by atoms with van der Waals surface area (Å²) < 4.78 is 40.1. The Labute approximate surface area is 107 Å². The van der Waals surface area contributed by atoms with E-state index >= 15 is 0 Å². The van der Waals surface area contributed by atoms with E-state index in [1.807, 2.05) is 0 Å². The lowest BCUT2D eigenvalue weighted by atomic mass is 10.1. The first kappa shape index (κ1) is 14.4. The van der Waals surface area contributed by atoms with E-state index in [-0.39, 0.29) is 5.33 Å². The number of nitro benzene ring substituents is 1. The molecule has 0 radical (unpaired) electrons. The molecule has 0 aliphatic carbocycles. The number of carbonyl (C=O) groups is 1. The maximum atomic E-state index is 12.2. The summed E-state index contributed by atoms with van der Waals surface area (Å²) >= 11 is 2.77. The van der Waals surface area contributed by atoms with E-state index in [4.69, 9.17) is 0 Å². The number of nitro groups is 1. The highest BCUT2D eigenvalue weighted by molar-refractivity contribution is 9.09. The number of benzene rings is 1. The monoisotopic (exact) mass is 327 g/mol. The average Bonchev–Trinajstić information content (AvgIpc) is 2.25. The minimum absolute atomic E-state index is 0.275. The maximum absolute atomic E-state index is 12.2. The van der Waals surface area contributed by atoms with Gasteiger partial charge in [-0.15, -0.1) is 13.2 Å². The van der Waals surface area contributed by atoms with Crippen LogP contribution < -0.4 is 4.74 Å². The van der Waals surface area contributed by atoms with E-state index in [1.165, 1.54) is 0 Å². The van der Waals surface area contributed by atoms with E-state index in [2.05, 4.69) is 20.7 Å². The molecule has 0 N–H and O–H groups in total. The fourth-order valence-corrected chi connectivity index (χ4v) is 1.49. The quantitative estimate of drug-likeness (QED) is 0.369. The van der Waals surface area contributed by atoms with Crippen molar-refractivity contribution in [2.24, 2.45) is 0 Å². The third-order valence-corrected chi connectivity index (χ3v) is 2.34. The van der Waals surface area contributed by atoms with Crippen LogP contribution in [0.4, 0.5) is 18.9 Å². The first-order chi connectivity index (χ1) is 8.26. The van der Waals surface area contributed by atoms with Crippen molar-refractivity contribution < 1.29 is 27.6 Å². The predicted octanol–water partition coefficient (Wildman–Crippen LogP) is 3.07. The third kappa shape index (κ3) is 3.42. The molecule has 0 bridgehead atoms. The van der Waals surface area contributed by atoms with Gasteiger partial charge in [-0.3, -0.25) is 14.9 Å². The molecule has 0 spiro atoms. The zero-order valence-corrected chi connectivity index (χ0v) is 10.1. The first-order valence-electron chi connectivity index (χ1n) is 4.38. The Morgan fingerprint density at radius 1 is 1.44 bits per heavy atom. The highest BCUT2D eigenvalue weighted by atomic mass is 79.9. The predicted molar refractivity (Wildman–Crippen MR) is 57.9 cm³/mol. The summed E-state index contributed by atoms with van der Waals surface area (Å²) in [5.74, 6) is -1.85. The van der Waals surface area contributed by atoms with E-state index in [1.54, 1.807) is 0 Å². The molecule has 0 aliphatic rings. The highest BCUT2D eigenvalue weighted by Crippen LogP contribution is 2.35. The molecule has 0 heterocycles. The summed E-state index contributed by atoms with van der Waals surface area (Å²) in [6, 6.07) is 2.96. The Morgan fingerprint density at radius 2 is 2.06 bits per heavy atom. The lowest BCUT2D eigenvalue weighted by molar-refractivity contribution is -0.388. The number of nitrogens with zero attached hydrogens (tertiary/aromatic N) is 1. The molecule has 0 amide bonds. The fraction of sp³-hybridized carbons (Fsp3) is 0.222. The van der Waals surface area contributed by atoms with Crippen molar-refractivity contribution in [2.45, 2.75) is 6.36 Å². The second kappa shape index (κ2) is 5.34. The van der Waals surface area contributed by atoms with Crippen molar-refractivity contribution in [1.82, 2.24) is 0 Å². The molecule has 18 heavy (non-hydrogen) atoms. The van der Waals surface area contributed by atoms with Crippen molar-refractivity contribution >= 4 is 27.4 Å². The van der Waals surface area contributed by atoms with Gasteiger partial charge < -0.3 is 4.74 Å². The highest BCUT2D eigenvalue weighted by Gasteiger charge is 2.36. The molecule has 0 atom stereocenters. The number of halogens is 4. The van der Waals surface area contributed by atoms with Gasteiger partial charge in [-0.05, 0) is 6.07 Å². The minimum Gasteiger partial charge on any atom is -0.398 e. The first-order valence-corrected chi connectivity index (χ1v) is 5.50. The summed E-state index contributed by atoms with van der Waals surface area (Å²) in [7, 11) is 0. The summed E-state index contributed by atoms with van der Waals surface area (Å²) in [4.78, 5) is 20.9.